The lowest BCUT2D eigenvalue weighted by Crippen LogP contribution is -2.24. The third-order valence-corrected chi connectivity index (χ3v) is 4.36. The lowest BCUT2D eigenvalue weighted by Gasteiger charge is -2.19. The Morgan fingerprint density at radius 3 is 2.29 bits per heavy atom. The minimum atomic E-state index is -3.57. The maximum atomic E-state index is 12.3. The van der Waals surface area contributed by atoms with Crippen molar-refractivity contribution < 1.29 is 23.1 Å². The minimum absolute atomic E-state index is 0.105. The maximum absolute atomic E-state index is 12.3. The van der Waals surface area contributed by atoms with Crippen LogP contribution in [0.5, 0.6) is 0 Å². The van der Waals surface area contributed by atoms with Gasteiger partial charge >= 0.3 is 13.7 Å². The highest BCUT2D eigenvalue weighted by molar-refractivity contribution is 7.58. The third-order valence-electron chi connectivity index (χ3n) is 2.39. The first kappa shape index (κ1) is 17.4. The van der Waals surface area contributed by atoms with Gasteiger partial charge in [-0.25, -0.2) is 4.79 Å². The lowest BCUT2D eigenvalue weighted by atomic mass is 10.2. The first-order valence-corrected chi connectivity index (χ1v) is 8.12. The van der Waals surface area contributed by atoms with Crippen molar-refractivity contribution in [2.45, 2.75) is 20.5 Å². The highest BCUT2D eigenvalue weighted by atomic mass is 31.2. The zero-order valence-electron chi connectivity index (χ0n) is 12.2. The summed E-state index contributed by atoms with van der Waals surface area (Å²) in [6.45, 7) is 7.34. The Hall–Kier alpha value is -1.62. The van der Waals surface area contributed by atoms with Crippen LogP contribution in [0.3, 0.4) is 0 Å². The quantitative estimate of drug-likeness (QED) is 0.742. The normalized spacial score (nSPS) is 11.0. The van der Waals surface area contributed by atoms with Gasteiger partial charge in [0.1, 0.15) is 12.0 Å². The molecule has 0 aliphatic heterocycles. The van der Waals surface area contributed by atoms with Crippen LogP contribution in [0, 0.1) is 0 Å². The first-order valence-electron chi connectivity index (χ1n) is 6.58. The number of carbonyl (C=O) groups is 1. The zero-order valence-corrected chi connectivity index (χ0v) is 13.1. The molecular formula is C14H20NO5P. The van der Waals surface area contributed by atoms with Crippen LogP contribution in [0.4, 0.5) is 4.79 Å². The summed E-state index contributed by atoms with van der Waals surface area (Å²) in [6.07, 6.45) is -0.761. The number of alkyl carbamates (subject to hydrolysis) is 1. The summed E-state index contributed by atoms with van der Waals surface area (Å²) >= 11 is 0. The molecule has 116 valence electrons. The molecule has 0 aromatic heterocycles. The number of carbonyl (C=O) groups excluding carboxylic acids is 1. The number of benzene rings is 1. The van der Waals surface area contributed by atoms with Gasteiger partial charge in [0.15, 0.2) is 0 Å². The van der Waals surface area contributed by atoms with Crippen molar-refractivity contribution in [3.8, 4) is 0 Å². The van der Waals surface area contributed by atoms with Crippen LogP contribution in [0.2, 0.25) is 0 Å². The van der Waals surface area contributed by atoms with Crippen molar-refractivity contribution in [3.05, 3.63) is 47.9 Å². The largest absolute Gasteiger partial charge is 0.444 e. The molecule has 0 heterocycles. The highest BCUT2D eigenvalue weighted by Crippen LogP contribution is 2.53. The Kier molecular flexibility index (Phi) is 7.15. The maximum Gasteiger partial charge on any atom is 0.412 e. The summed E-state index contributed by atoms with van der Waals surface area (Å²) in [6, 6.07) is 9.20. The van der Waals surface area contributed by atoms with E-state index in [-0.39, 0.29) is 25.3 Å². The van der Waals surface area contributed by atoms with Crippen LogP contribution >= 0.6 is 7.60 Å². The van der Waals surface area contributed by atoms with Gasteiger partial charge in [0, 0.05) is 0 Å². The van der Waals surface area contributed by atoms with Gasteiger partial charge in [-0.05, 0) is 19.4 Å². The molecule has 1 aromatic carbocycles. The monoisotopic (exact) mass is 313 g/mol. The first-order chi connectivity index (χ1) is 10.0. The van der Waals surface area contributed by atoms with Crippen LogP contribution in [0.15, 0.2) is 42.3 Å². The molecule has 7 heteroatoms. The predicted octanol–water partition coefficient (Wildman–Crippen LogP) is 3.65. The highest BCUT2D eigenvalue weighted by Gasteiger charge is 2.29. The molecule has 0 aliphatic rings. The number of amides is 1. The topological polar surface area (TPSA) is 73.9 Å². The summed E-state index contributed by atoms with van der Waals surface area (Å²) < 4.78 is 27.4. The van der Waals surface area contributed by atoms with Crippen molar-refractivity contribution in [3.63, 3.8) is 0 Å². The fourth-order valence-corrected chi connectivity index (χ4v) is 2.77. The van der Waals surface area contributed by atoms with Crippen LogP contribution in [-0.2, 0) is 25.0 Å². The molecule has 1 rings (SSSR count). The van der Waals surface area contributed by atoms with E-state index in [1.54, 1.807) is 13.8 Å². The molecule has 1 N–H and O–H groups in total. The second-order valence-corrected chi connectivity index (χ2v) is 6.02. The lowest BCUT2D eigenvalue weighted by molar-refractivity contribution is 0.142. The number of hydrogen-bond donors (Lipinski definition) is 1. The Bertz CT molecular complexity index is 507. The van der Waals surface area contributed by atoms with Gasteiger partial charge in [-0.1, -0.05) is 36.9 Å². The fourth-order valence-electron chi connectivity index (χ4n) is 1.48. The smallest absolute Gasteiger partial charge is 0.412 e. The average molecular weight is 313 g/mol. The molecule has 0 atom stereocenters. The number of ether oxygens (including phenoxy) is 1. The summed E-state index contributed by atoms with van der Waals surface area (Å²) in [5.74, 6) is 0. The molecule has 0 saturated carbocycles. The summed E-state index contributed by atoms with van der Waals surface area (Å²) in [4.78, 5) is 11.7. The van der Waals surface area contributed by atoms with Crippen LogP contribution < -0.4 is 5.32 Å². The second-order valence-electron chi connectivity index (χ2n) is 3.97. The summed E-state index contributed by atoms with van der Waals surface area (Å²) in [5, 5.41) is 2.29. The third kappa shape index (κ3) is 5.71. The van der Waals surface area contributed by atoms with Gasteiger partial charge in [0.25, 0.3) is 0 Å². The standard InChI is InChI=1S/C14H20NO5P/c1-4-19-21(17,20-5-2)12(3)15-14(16)18-11-13-9-7-6-8-10-13/h6-10H,3-5,11H2,1-2H3,(H,15,16). The van der Waals surface area contributed by atoms with Crippen LogP contribution in [0.25, 0.3) is 0 Å². The molecule has 0 bridgehead atoms. The molecule has 21 heavy (non-hydrogen) atoms. The van der Waals surface area contributed by atoms with Crippen molar-refractivity contribution in [1.29, 1.82) is 0 Å². The van der Waals surface area contributed by atoms with Crippen molar-refractivity contribution in [2.24, 2.45) is 0 Å². The van der Waals surface area contributed by atoms with E-state index in [9.17, 15) is 9.36 Å². The van der Waals surface area contributed by atoms with Crippen molar-refractivity contribution in [2.75, 3.05) is 13.2 Å². The molecular weight excluding hydrogens is 293 g/mol. The molecule has 0 unspecified atom stereocenters. The zero-order chi connectivity index (χ0) is 15.7. The molecule has 0 saturated heterocycles. The Balaban J connectivity index is 2.52. The second kappa shape index (κ2) is 8.62. The fraction of sp³-hybridized carbons (Fsp3) is 0.357. The van der Waals surface area contributed by atoms with Crippen molar-refractivity contribution in [1.82, 2.24) is 5.32 Å². The predicted molar refractivity (Wildman–Crippen MR) is 79.8 cm³/mol. The Morgan fingerprint density at radius 1 is 1.19 bits per heavy atom. The van der Waals surface area contributed by atoms with E-state index >= 15 is 0 Å². The number of hydrogen-bond acceptors (Lipinski definition) is 5. The summed E-state index contributed by atoms with van der Waals surface area (Å²) in [7, 11) is -3.57. The van der Waals surface area contributed by atoms with Gasteiger partial charge in [-0.2, -0.15) is 0 Å². The number of rotatable bonds is 8. The van der Waals surface area contributed by atoms with Gasteiger partial charge in [-0.15, -0.1) is 0 Å². The van der Waals surface area contributed by atoms with Gasteiger partial charge in [0.05, 0.1) is 13.2 Å². The minimum Gasteiger partial charge on any atom is -0.444 e. The van der Waals surface area contributed by atoms with E-state index in [0.29, 0.717) is 0 Å². The van der Waals surface area contributed by atoms with E-state index in [1.807, 2.05) is 30.3 Å². The van der Waals surface area contributed by atoms with Gasteiger partial charge < -0.3 is 13.8 Å². The molecule has 0 fully saturated rings. The average Bonchev–Trinajstić information content (AvgIpc) is 2.46. The SMILES string of the molecule is C=C(NC(=O)OCc1ccccc1)P(=O)(OCC)OCC. The molecule has 1 aromatic rings. The molecule has 1 amide bonds. The van der Waals surface area contributed by atoms with E-state index in [2.05, 4.69) is 11.9 Å². The van der Waals surface area contributed by atoms with Crippen LogP contribution in [-0.4, -0.2) is 19.3 Å². The molecule has 0 radical (unpaired) electrons. The number of nitrogens with one attached hydrogen (secondary N) is 1. The molecule has 6 nitrogen and oxygen atoms in total. The van der Waals surface area contributed by atoms with Crippen molar-refractivity contribution >= 4 is 13.7 Å². The molecule has 0 spiro atoms. The Morgan fingerprint density at radius 2 is 1.76 bits per heavy atom. The summed E-state index contributed by atoms with van der Waals surface area (Å²) in [5.41, 5.74) is 0.709. The molecule has 0 aliphatic carbocycles. The van der Waals surface area contributed by atoms with Gasteiger partial charge in [-0.3, -0.25) is 9.88 Å². The van der Waals surface area contributed by atoms with Gasteiger partial charge in [0.2, 0.25) is 0 Å². The Labute approximate surface area is 124 Å². The van der Waals surface area contributed by atoms with E-state index in [1.165, 1.54) is 0 Å². The van der Waals surface area contributed by atoms with E-state index in [4.69, 9.17) is 13.8 Å². The van der Waals surface area contributed by atoms with Crippen LogP contribution in [0.1, 0.15) is 19.4 Å². The van der Waals surface area contributed by atoms with E-state index in [0.717, 1.165) is 5.56 Å². The van der Waals surface area contributed by atoms with E-state index < -0.39 is 13.7 Å².